The Bertz CT molecular complexity index is 779. The molecule has 5 nitrogen and oxygen atoms in total. The van der Waals surface area contributed by atoms with Crippen molar-refractivity contribution in [1.82, 2.24) is 15.1 Å². The first-order chi connectivity index (χ1) is 12.1. The zero-order chi connectivity index (χ0) is 19.5. The summed E-state index contributed by atoms with van der Waals surface area (Å²) >= 11 is 0. The number of para-hydroxylation sites is 1. The molecule has 1 aromatic carbocycles. The van der Waals surface area contributed by atoms with Crippen LogP contribution in [0.25, 0.3) is 5.69 Å². The van der Waals surface area contributed by atoms with Gasteiger partial charge in [-0.2, -0.15) is 18.3 Å². The number of aromatic nitrogens is 2. The van der Waals surface area contributed by atoms with E-state index in [1.165, 1.54) is 6.07 Å². The second-order valence-corrected chi connectivity index (χ2v) is 6.36. The van der Waals surface area contributed by atoms with Crippen LogP contribution in [0.15, 0.2) is 30.5 Å². The minimum absolute atomic E-state index is 0.0890. The number of alkyl halides is 3. The van der Waals surface area contributed by atoms with Crippen LogP contribution in [-0.4, -0.2) is 27.8 Å². The van der Waals surface area contributed by atoms with E-state index in [2.05, 4.69) is 10.4 Å². The molecule has 0 saturated carbocycles. The molecule has 0 radical (unpaired) electrons. The van der Waals surface area contributed by atoms with Crippen molar-refractivity contribution in [2.75, 3.05) is 6.54 Å². The van der Waals surface area contributed by atoms with Gasteiger partial charge in [0.05, 0.1) is 17.4 Å². The summed E-state index contributed by atoms with van der Waals surface area (Å²) in [6.07, 6.45) is -2.60. The number of amides is 1. The van der Waals surface area contributed by atoms with Crippen molar-refractivity contribution in [3.8, 4) is 5.69 Å². The van der Waals surface area contributed by atoms with Gasteiger partial charge in [-0.05, 0) is 31.4 Å². The lowest BCUT2D eigenvalue weighted by molar-refractivity contribution is -0.143. The maximum absolute atomic E-state index is 13.7. The molecule has 1 aromatic heterocycles. The number of benzene rings is 1. The van der Waals surface area contributed by atoms with Crippen LogP contribution in [0, 0.1) is 6.92 Å². The number of halogens is 3. The Balaban J connectivity index is 2.41. The van der Waals surface area contributed by atoms with Crippen LogP contribution in [0.2, 0.25) is 0 Å². The first-order valence-corrected chi connectivity index (χ1v) is 8.41. The number of nitrogens with zero attached hydrogens (tertiary/aromatic N) is 2. The zero-order valence-corrected chi connectivity index (χ0v) is 15.0. The van der Waals surface area contributed by atoms with Crippen LogP contribution in [0.5, 0.6) is 0 Å². The largest absolute Gasteiger partial charge is 0.434 e. The van der Waals surface area contributed by atoms with Crippen molar-refractivity contribution in [3.05, 3.63) is 47.3 Å². The highest BCUT2D eigenvalue weighted by Gasteiger charge is 2.41. The van der Waals surface area contributed by atoms with Crippen LogP contribution < -0.4 is 11.1 Å². The van der Waals surface area contributed by atoms with E-state index >= 15 is 0 Å². The number of carbonyl (C=O) groups is 1. The minimum atomic E-state index is -4.74. The minimum Gasteiger partial charge on any atom is -0.350 e. The Morgan fingerprint density at radius 2 is 1.85 bits per heavy atom. The number of nitrogens with two attached hydrogens (primary N) is 1. The van der Waals surface area contributed by atoms with E-state index in [-0.39, 0.29) is 12.2 Å². The van der Waals surface area contributed by atoms with Crippen molar-refractivity contribution in [3.63, 3.8) is 0 Å². The van der Waals surface area contributed by atoms with Crippen molar-refractivity contribution < 1.29 is 18.0 Å². The molecular formula is C18H23F3N4O. The molecule has 0 saturated heterocycles. The molecular weight excluding hydrogens is 345 g/mol. The second-order valence-electron chi connectivity index (χ2n) is 6.36. The summed E-state index contributed by atoms with van der Waals surface area (Å²) in [5.41, 5.74) is 4.73. The fourth-order valence-corrected chi connectivity index (χ4v) is 2.62. The van der Waals surface area contributed by atoms with Crippen molar-refractivity contribution >= 4 is 5.91 Å². The summed E-state index contributed by atoms with van der Waals surface area (Å²) in [4.78, 5) is 12.4. The fourth-order valence-electron chi connectivity index (χ4n) is 2.62. The van der Waals surface area contributed by atoms with Crippen molar-refractivity contribution in [2.24, 2.45) is 5.73 Å². The molecule has 0 fully saturated rings. The summed E-state index contributed by atoms with van der Waals surface area (Å²) in [6, 6.07) is 6.55. The molecule has 1 amide bonds. The number of carbonyl (C=O) groups excluding carboxylic acids is 1. The standard InChI is InChI=1S/C18H23F3N4O/c1-4-17(22,5-2)11-23-16(26)13-10-24-25(15(13)18(19,20)21)14-9-7-6-8-12(14)3/h6-10H,4-5,11,22H2,1-3H3,(H,23,26). The SMILES string of the molecule is CCC(N)(CC)CNC(=O)c1cnn(-c2ccccc2C)c1C(F)(F)F. The van der Waals surface area contributed by atoms with Gasteiger partial charge in [0.2, 0.25) is 0 Å². The molecule has 1 heterocycles. The normalized spacial score (nSPS) is 12.3. The van der Waals surface area contributed by atoms with Gasteiger partial charge < -0.3 is 11.1 Å². The van der Waals surface area contributed by atoms with Gasteiger partial charge in [0, 0.05) is 12.1 Å². The topological polar surface area (TPSA) is 72.9 Å². The smallest absolute Gasteiger partial charge is 0.350 e. The van der Waals surface area contributed by atoms with Gasteiger partial charge in [-0.3, -0.25) is 4.79 Å². The third-order valence-electron chi connectivity index (χ3n) is 4.64. The van der Waals surface area contributed by atoms with Crippen LogP contribution in [0.3, 0.4) is 0 Å². The van der Waals surface area contributed by atoms with E-state index in [1.807, 2.05) is 13.8 Å². The number of rotatable bonds is 6. The predicted molar refractivity (Wildman–Crippen MR) is 93.1 cm³/mol. The van der Waals surface area contributed by atoms with Gasteiger partial charge in [-0.1, -0.05) is 32.0 Å². The van der Waals surface area contributed by atoms with Gasteiger partial charge in [-0.25, -0.2) is 4.68 Å². The lowest BCUT2D eigenvalue weighted by atomic mass is 9.94. The summed E-state index contributed by atoms with van der Waals surface area (Å²) < 4.78 is 41.7. The molecule has 0 unspecified atom stereocenters. The molecule has 0 bridgehead atoms. The maximum Gasteiger partial charge on any atom is 0.434 e. The zero-order valence-electron chi connectivity index (χ0n) is 15.0. The summed E-state index contributed by atoms with van der Waals surface area (Å²) in [5, 5.41) is 6.34. The van der Waals surface area contributed by atoms with Gasteiger partial charge in [-0.15, -0.1) is 0 Å². The number of nitrogens with one attached hydrogen (secondary N) is 1. The third-order valence-corrected chi connectivity index (χ3v) is 4.64. The van der Waals surface area contributed by atoms with Crippen molar-refractivity contribution in [1.29, 1.82) is 0 Å². The molecule has 2 rings (SSSR count). The van der Waals surface area contributed by atoms with E-state index in [0.717, 1.165) is 10.9 Å². The van der Waals surface area contributed by atoms with Gasteiger partial charge in [0.1, 0.15) is 0 Å². The van der Waals surface area contributed by atoms with E-state index in [1.54, 1.807) is 25.1 Å². The summed E-state index contributed by atoms with van der Waals surface area (Å²) in [6.45, 7) is 5.51. The van der Waals surface area contributed by atoms with Crippen LogP contribution >= 0.6 is 0 Å². The highest BCUT2D eigenvalue weighted by molar-refractivity contribution is 5.95. The Kier molecular flexibility index (Phi) is 5.75. The van der Waals surface area contributed by atoms with E-state index in [4.69, 9.17) is 5.73 Å². The van der Waals surface area contributed by atoms with Crippen LogP contribution in [0.1, 0.15) is 48.3 Å². The second kappa shape index (κ2) is 7.49. The van der Waals surface area contributed by atoms with E-state index in [9.17, 15) is 18.0 Å². The van der Waals surface area contributed by atoms with E-state index < -0.39 is 28.9 Å². The van der Waals surface area contributed by atoms with E-state index in [0.29, 0.717) is 18.4 Å². The van der Waals surface area contributed by atoms with Crippen LogP contribution in [-0.2, 0) is 6.18 Å². The molecule has 142 valence electrons. The first-order valence-electron chi connectivity index (χ1n) is 8.41. The van der Waals surface area contributed by atoms with Gasteiger partial charge in [0.15, 0.2) is 5.69 Å². The Labute approximate surface area is 150 Å². The molecule has 0 aliphatic rings. The maximum atomic E-state index is 13.7. The van der Waals surface area contributed by atoms with Gasteiger partial charge in [0.25, 0.3) is 5.91 Å². The molecule has 0 atom stereocenters. The molecule has 0 aliphatic heterocycles. The Morgan fingerprint density at radius 3 is 2.38 bits per heavy atom. The van der Waals surface area contributed by atoms with Crippen molar-refractivity contribution in [2.45, 2.75) is 45.3 Å². The lowest BCUT2D eigenvalue weighted by Gasteiger charge is -2.26. The molecule has 8 heteroatoms. The Morgan fingerprint density at radius 1 is 1.23 bits per heavy atom. The first kappa shape index (κ1) is 20.0. The molecule has 0 spiro atoms. The monoisotopic (exact) mass is 368 g/mol. The highest BCUT2D eigenvalue weighted by atomic mass is 19.4. The molecule has 0 aliphatic carbocycles. The third kappa shape index (κ3) is 4.07. The predicted octanol–water partition coefficient (Wildman–Crippen LogP) is 3.45. The number of aryl methyl sites for hydroxylation is 1. The summed E-state index contributed by atoms with van der Waals surface area (Å²) in [7, 11) is 0. The quantitative estimate of drug-likeness (QED) is 0.820. The number of hydrogen-bond donors (Lipinski definition) is 2. The highest BCUT2D eigenvalue weighted by Crippen LogP contribution is 2.34. The average molecular weight is 368 g/mol. The fraction of sp³-hybridized carbons (Fsp3) is 0.444. The van der Waals surface area contributed by atoms with Gasteiger partial charge >= 0.3 is 6.18 Å². The molecule has 2 aromatic rings. The molecule has 26 heavy (non-hydrogen) atoms. The lowest BCUT2D eigenvalue weighted by Crippen LogP contribution is -2.49. The molecule has 3 N–H and O–H groups in total. The average Bonchev–Trinajstić information content (AvgIpc) is 3.05. The Hall–Kier alpha value is -2.35. The van der Waals surface area contributed by atoms with Crippen LogP contribution in [0.4, 0.5) is 13.2 Å². The summed E-state index contributed by atoms with van der Waals surface area (Å²) in [5.74, 6) is -0.839. The number of hydrogen-bond acceptors (Lipinski definition) is 3.